The molecular weight excluding hydrogens is 256 g/mol. The summed E-state index contributed by atoms with van der Waals surface area (Å²) in [5.74, 6) is 0. The van der Waals surface area contributed by atoms with Gasteiger partial charge in [-0.1, -0.05) is 15.9 Å². The summed E-state index contributed by atoms with van der Waals surface area (Å²) in [6, 6.07) is 6.42. The predicted octanol–water partition coefficient (Wildman–Crippen LogP) is 2.27. The minimum Gasteiger partial charge on any atom is -0.381 e. The number of hydrogen-bond donors (Lipinski definition) is 1. The molecule has 80 valence electrons. The average Bonchev–Trinajstić information content (AvgIpc) is 2.22. The summed E-state index contributed by atoms with van der Waals surface area (Å²) < 4.78 is 1.05. The Labute approximate surface area is 97.6 Å². The SMILES string of the molecule is CC1CNc2cc(Br)ccc2N1CC=O. The van der Waals surface area contributed by atoms with Crippen molar-refractivity contribution in [2.75, 3.05) is 23.3 Å². The monoisotopic (exact) mass is 268 g/mol. The molecule has 1 aromatic rings. The third-order valence-corrected chi connectivity index (χ3v) is 3.15. The summed E-state index contributed by atoms with van der Waals surface area (Å²) >= 11 is 3.44. The summed E-state index contributed by atoms with van der Waals surface area (Å²) in [5, 5.41) is 3.35. The standard InChI is InChI=1S/C11H13BrN2O/c1-8-7-13-10-6-9(12)2-3-11(10)14(8)4-5-15/h2-3,5-6,8,13H,4,7H2,1H3. The molecule has 1 aliphatic heterocycles. The number of anilines is 2. The second-order valence-electron chi connectivity index (χ2n) is 3.71. The Kier molecular flexibility index (Phi) is 2.95. The van der Waals surface area contributed by atoms with E-state index in [0.29, 0.717) is 12.6 Å². The van der Waals surface area contributed by atoms with E-state index in [0.717, 1.165) is 28.7 Å². The number of nitrogens with zero attached hydrogens (tertiary/aromatic N) is 1. The van der Waals surface area contributed by atoms with Gasteiger partial charge in [-0.3, -0.25) is 0 Å². The minimum atomic E-state index is 0.351. The van der Waals surface area contributed by atoms with Crippen LogP contribution in [0, 0.1) is 0 Å². The summed E-state index contributed by atoms with van der Waals surface area (Å²) in [5.41, 5.74) is 2.19. The fourth-order valence-corrected chi connectivity index (χ4v) is 2.23. The molecule has 0 aromatic heterocycles. The van der Waals surface area contributed by atoms with Gasteiger partial charge in [-0.25, -0.2) is 0 Å². The highest BCUT2D eigenvalue weighted by Crippen LogP contribution is 2.33. The van der Waals surface area contributed by atoms with Gasteiger partial charge in [-0.2, -0.15) is 0 Å². The smallest absolute Gasteiger partial charge is 0.139 e. The van der Waals surface area contributed by atoms with Crippen LogP contribution in [0.2, 0.25) is 0 Å². The van der Waals surface area contributed by atoms with Gasteiger partial charge in [-0.05, 0) is 25.1 Å². The fraction of sp³-hybridized carbons (Fsp3) is 0.364. The van der Waals surface area contributed by atoms with Gasteiger partial charge in [0.25, 0.3) is 0 Å². The molecule has 1 heterocycles. The largest absolute Gasteiger partial charge is 0.381 e. The molecule has 0 saturated carbocycles. The normalized spacial score (nSPS) is 19.3. The molecule has 0 radical (unpaired) electrons. The number of halogens is 1. The van der Waals surface area contributed by atoms with Crippen LogP contribution in [0.5, 0.6) is 0 Å². The first-order chi connectivity index (χ1) is 7.22. The molecule has 15 heavy (non-hydrogen) atoms. The third-order valence-electron chi connectivity index (χ3n) is 2.66. The number of benzene rings is 1. The third kappa shape index (κ3) is 2.00. The maximum absolute atomic E-state index is 10.6. The lowest BCUT2D eigenvalue weighted by atomic mass is 10.1. The topological polar surface area (TPSA) is 32.3 Å². The number of aldehydes is 1. The van der Waals surface area contributed by atoms with Gasteiger partial charge in [0.15, 0.2) is 0 Å². The van der Waals surface area contributed by atoms with Crippen LogP contribution in [0.3, 0.4) is 0 Å². The Morgan fingerprint density at radius 2 is 2.47 bits per heavy atom. The molecule has 1 aromatic carbocycles. The molecule has 1 aliphatic rings. The highest BCUT2D eigenvalue weighted by Gasteiger charge is 2.21. The predicted molar refractivity (Wildman–Crippen MR) is 65.5 cm³/mol. The molecule has 3 nitrogen and oxygen atoms in total. The Morgan fingerprint density at radius 1 is 1.67 bits per heavy atom. The number of rotatable bonds is 2. The maximum atomic E-state index is 10.6. The van der Waals surface area contributed by atoms with Gasteiger partial charge in [0, 0.05) is 17.1 Å². The van der Waals surface area contributed by atoms with Crippen LogP contribution in [-0.4, -0.2) is 25.4 Å². The van der Waals surface area contributed by atoms with Crippen LogP contribution in [-0.2, 0) is 4.79 Å². The number of carbonyl (C=O) groups is 1. The minimum absolute atomic E-state index is 0.351. The summed E-state index contributed by atoms with van der Waals surface area (Å²) in [4.78, 5) is 12.7. The van der Waals surface area contributed by atoms with Gasteiger partial charge in [0.2, 0.25) is 0 Å². The van der Waals surface area contributed by atoms with E-state index in [1.54, 1.807) is 0 Å². The first-order valence-corrected chi connectivity index (χ1v) is 5.75. The van der Waals surface area contributed by atoms with Gasteiger partial charge >= 0.3 is 0 Å². The first kappa shape index (κ1) is 10.5. The zero-order valence-corrected chi connectivity index (χ0v) is 10.1. The van der Waals surface area contributed by atoms with Crippen molar-refractivity contribution in [3.8, 4) is 0 Å². The second-order valence-corrected chi connectivity index (χ2v) is 4.63. The van der Waals surface area contributed by atoms with Crippen molar-refractivity contribution in [2.24, 2.45) is 0 Å². The van der Waals surface area contributed by atoms with Crippen LogP contribution in [0.25, 0.3) is 0 Å². The van der Waals surface area contributed by atoms with Crippen LogP contribution in [0.1, 0.15) is 6.92 Å². The van der Waals surface area contributed by atoms with E-state index in [1.807, 2.05) is 18.2 Å². The lowest BCUT2D eigenvalue weighted by Crippen LogP contribution is -2.43. The van der Waals surface area contributed by atoms with E-state index < -0.39 is 0 Å². The lowest BCUT2D eigenvalue weighted by molar-refractivity contribution is -0.106. The van der Waals surface area contributed by atoms with E-state index in [1.165, 1.54) is 0 Å². The number of carbonyl (C=O) groups excluding carboxylic acids is 1. The molecule has 1 N–H and O–H groups in total. The van der Waals surface area contributed by atoms with Crippen molar-refractivity contribution in [1.82, 2.24) is 0 Å². The quantitative estimate of drug-likeness (QED) is 0.836. The zero-order chi connectivity index (χ0) is 10.8. The molecule has 0 saturated heterocycles. The number of hydrogen-bond acceptors (Lipinski definition) is 3. The Morgan fingerprint density at radius 3 is 3.20 bits per heavy atom. The maximum Gasteiger partial charge on any atom is 0.139 e. The molecule has 1 atom stereocenters. The number of nitrogens with one attached hydrogen (secondary N) is 1. The van der Waals surface area contributed by atoms with Crippen LogP contribution >= 0.6 is 15.9 Å². The molecule has 1 unspecified atom stereocenters. The Hall–Kier alpha value is -1.03. The van der Waals surface area contributed by atoms with Crippen LogP contribution in [0.4, 0.5) is 11.4 Å². The van der Waals surface area contributed by atoms with Crippen molar-refractivity contribution < 1.29 is 4.79 Å². The summed E-state index contributed by atoms with van der Waals surface area (Å²) in [6.07, 6.45) is 0.952. The van der Waals surface area contributed by atoms with Crippen molar-refractivity contribution in [3.05, 3.63) is 22.7 Å². The molecule has 2 rings (SSSR count). The number of fused-ring (bicyclic) bond motifs is 1. The van der Waals surface area contributed by atoms with Crippen molar-refractivity contribution in [1.29, 1.82) is 0 Å². The van der Waals surface area contributed by atoms with E-state index >= 15 is 0 Å². The van der Waals surface area contributed by atoms with Crippen LogP contribution < -0.4 is 10.2 Å². The van der Waals surface area contributed by atoms with Crippen LogP contribution in [0.15, 0.2) is 22.7 Å². The van der Waals surface area contributed by atoms with Gasteiger partial charge in [0.05, 0.1) is 17.9 Å². The van der Waals surface area contributed by atoms with Crippen molar-refractivity contribution >= 4 is 33.6 Å². The lowest BCUT2D eigenvalue weighted by Gasteiger charge is -2.36. The van der Waals surface area contributed by atoms with Gasteiger partial charge < -0.3 is 15.0 Å². The van der Waals surface area contributed by atoms with Gasteiger partial charge in [0.1, 0.15) is 6.29 Å². The van der Waals surface area contributed by atoms with E-state index in [4.69, 9.17) is 0 Å². The highest BCUT2D eigenvalue weighted by molar-refractivity contribution is 9.10. The van der Waals surface area contributed by atoms with E-state index in [-0.39, 0.29) is 0 Å². The first-order valence-electron chi connectivity index (χ1n) is 4.96. The zero-order valence-electron chi connectivity index (χ0n) is 8.53. The Balaban J connectivity index is 2.38. The van der Waals surface area contributed by atoms with Crippen molar-refractivity contribution in [3.63, 3.8) is 0 Å². The molecule has 0 aliphatic carbocycles. The summed E-state index contributed by atoms with van der Waals surface area (Å²) in [7, 11) is 0. The molecule has 0 fully saturated rings. The van der Waals surface area contributed by atoms with E-state index in [9.17, 15) is 4.79 Å². The summed E-state index contributed by atoms with van der Waals surface area (Å²) in [6.45, 7) is 3.44. The Bertz CT molecular complexity index is 381. The average molecular weight is 269 g/mol. The fourth-order valence-electron chi connectivity index (χ4n) is 1.86. The molecule has 0 spiro atoms. The molecule has 0 bridgehead atoms. The molecule has 0 amide bonds. The van der Waals surface area contributed by atoms with Crippen molar-refractivity contribution in [2.45, 2.75) is 13.0 Å². The highest BCUT2D eigenvalue weighted by atomic mass is 79.9. The second kappa shape index (κ2) is 4.23. The van der Waals surface area contributed by atoms with E-state index in [2.05, 4.69) is 33.1 Å². The van der Waals surface area contributed by atoms with Gasteiger partial charge in [-0.15, -0.1) is 0 Å². The molecule has 4 heteroatoms. The molecular formula is C11H13BrN2O.